The second kappa shape index (κ2) is 11.6. The number of aliphatic hydroxyl groups is 1. The maximum Gasteiger partial charge on any atom is 0.259 e. The van der Waals surface area contributed by atoms with Gasteiger partial charge in [-0.3, -0.25) is 14.2 Å². The summed E-state index contributed by atoms with van der Waals surface area (Å²) in [5, 5.41) is 19.8. The molecule has 2 aromatic carbocycles. The fourth-order valence-electron chi connectivity index (χ4n) is 6.42. The first-order chi connectivity index (χ1) is 20.4. The highest BCUT2D eigenvalue weighted by molar-refractivity contribution is 6.16. The minimum atomic E-state index is -0.875. The molecule has 1 fully saturated rings. The second-order valence-electron chi connectivity index (χ2n) is 11.4. The summed E-state index contributed by atoms with van der Waals surface area (Å²) in [6, 6.07) is 16.1. The van der Waals surface area contributed by atoms with Gasteiger partial charge in [-0.15, -0.1) is 0 Å². The van der Waals surface area contributed by atoms with Gasteiger partial charge in [-0.05, 0) is 54.9 Å². The highest BCUT2D eigenvalue weighted by Crippen LogP contribution is 2.35. The molecule has 3 heterocycles. The molecule has 10 heteroatoms. The minimum absolute atomic E-state index is 0.0649. The molecule has 2 aliphatic rings. The van der Waals surface area contributed by atoms with Crippen molar-refractivity contribution in [3.8, 4) is 11.1 Å². The Morgan fingerprint density at radius 1 is 1.10 bits per heavy atom. The van der Waals surface area contributed by atoms with E-state index in [0.717, 1.165) is 34.4 Å². The number of hydrazone groups is 1. The average molecular weight is 569 g/mol. The molecule has 218 valence electrons. The van der Waals surface area contributed by atoms with E-state index < -0.39 is 5.60 Å². The van der Waals surface area contributed by atoms with E-state index in [1.165, 1.54) is 6.33 Å². The van der Waals surface area contributed by atoms with Gasteiger partial charge in [-0.25, -0.2) is 9.94 Å². The van der Waals surface area contributed by atoms with E-state index in [1.807, 2.05) is 40.9 Å². The fraction of sp³-hybridized carbons (Fsp3) is 0.406. The lowest BCUT2D eigenvalue weighted by Gasteiger charge is -2.36. The summed E-state index contributed by atoms with van der Waals surface area (Å²) < 4.78 is 8.85. The van der Waals surface area contributed by atoms with Crippen molar-refractivity contribution in [2.45, 2.75) is 69.9 Å². The molecule has 0 spiro atoms. The molecular weight excluding hydrogens is 532 g/mol. The quantitative estimate of drug-likeness (QED) is 0.317. The zero-order valence-corrected chi connectivity index (χ0v) is 24.0. The highest BCUT2D eigenvalue weighted by Gasteiger charge is 2.35. The molecule has 4 aromatic rings. The third-order valence-corrected chi connectivity index (χ3v) is 8.48. The van der Waals surface area contributed by atoms with Crippen LogP contribution >= 0.6 is 0 Å². The summed E-state index contributed by atoms with van der Waals surface area (Å²) in [4.78, 5) is 30.9. The standard InChI is InChI=1S/C32H36N6O4/c1-3-7-28-26(30(40)37(31-33-20-34-38(28)31)23-12-14-32(41,15-13-23)19-42-2)17-21-10-11-24(22-8-5-4-6-9-22)25(16-21)27-18-29(39)36-35-27/h4-6,8-11,16,20,23,41H,3,7,12-15,17-19H2,1-2H3,(H,36,39). The molecule has 42 heavy (non-hydrogen) atoms. The van der Waals surface area contributed by atoms with Gasteiger partial charge in [-0.1, -0.05) is 55.8 Å². The van der Waals surface area contributed by atoms with Crippen LogP contribution in [0.15, 0.2) is 64.8 Å². The molecule has 6 rings (SSSR count). The Kier molecular flexibility index (Phi) is 7.74. The van der Waals surface area contributed by atoms with Crippen LogP contribution in [0.2, 0.25) is 0 Å². The third kappa shape index (κ3) is 5.28. The summed E-state index contributed by atoms with van der Waals surface area (Å²) in [6.07, 6.45) is 6.03. The van der Waals surface area contributed by atoms with E-state index in [9.17, 15) is 14.7 Å². The van der Waals surface area contributed by atoms with Gasteiger partial charge in [0.15, 0.2) is 0 Å². The number of nitrogens with zero attached hydrogens (tertiary/aromatic N) is 5. The van der Waals surface area contributed by atoms with Crippen molar-refractivity contribution in [2.75, 3.05) is 13.7 Å². The van der Waals surface area contributed by atoms with Crippen molar-refractivity contribution in [3.63, 3.8) is 0 Å². The van der Waals surface area contributed by atoms with Crippen LogP contribution in [-0.2, 0) is 22.4 Å². The third-order valence-electron chi connectivity index (χ3n) is 8.48. The SMILES string of the molecule is CCCc1c(Cc2ccc(-c3ccccc3)c(C3=NNC(=O)C3)c2)c(=O)n(C2CCC(O)(COC)CC2)c2ncnn12. The molecular formula is C32H36N6O4. The van der Waals surface area contributed by atoms with Gasteiger partial charge in [0.25, 0.3) is 5.56 Å². The number of benzene rings is 2. The minimum Gasteiger partial charge on any atom is -0.387 e. The van der Waals surface area contributed by atoms with Crippen molar-refractivity contribution in [3.05, 3.63) is 87.6 Å². The summed E-state index contributed by atoms with van der Waals surface area (Å²) in [6.45, 7) is 2.37. The number of methoxy groups -OCH3 is 1. The molecule has 10 nitrogen and oxygen atoms in total. The van der Waals surface area contributed by atoms with Gasteiger partial charge >= 0.3 is 0 Å². The van der Waals surface area contributed by atoms with E-state index in [4.69, 9.17) is 4.74 Å². The Bertz CT molecular complexity index is 1700. The summed E-state index contributed by atoms with van der Waals surface area (Å²) in [5.74, 6) is 0.406. The monoisotopic (exact) mass is 568 g/mol. The van der Waals surface area contributed by atoms with Crippen molar-refractivity contribution < 1.29 is 14.6 Å². The van der Waals surface area contributed by atoms with Gasteiger partial charge < -0.3 is 9.84 Å². The molecule has 0 bridgehead atoms. The number of hydrogen-bond acceptors (Lipinski definition) is 7. The van der Waals surface area contributed by atoms with Crippen LogP contribution < -0.4 is 11.0 Å². The van der Waals surface area contributed by atoms with E-state index in [0.29, 0.717) is 55.6 Å². The zero-order chi connectivity index (χ0) is 29.3. The van der Waals surface area contributed by atoms with Crippen LogP contribution in [-0.4, -0.2) is 55.2 Å². The van der Waals surface area contributed by atoms with Crippen LogP contribution in [0.25, 0.3) is 16.9 Å². The summed E-state index contributed by atoms with van der Waals surface area (Å²) >= 11 is 0. The van der Waals surface area contributed by atoms with Crippen LogP contribution in [0.3, 0.4) is 0 Å². The molecule has 0 unspecified atom stereocenters. The van der Waals surface area contributed by atoms with Crippen LogP contribution in [0.1, 0.15) is 73.9 Å². The number of nitrogens with one attached hydrogen (secondary N) is 1. The van der Waals surface area contributed by atoms with Gasteiger partial charge in [0, 0.05) is 30.7 Å². The predicted octanol–water partition coefficient (Wildman–Crippen LogP) is 3.82. The Hall–Kier alpha value is -4.15. The lowest BCUT2D eigenvalue weighted by atomic mass is 9.82. The molecule has 1 aliphatic carbocycles. The van der Waals surface area contributed by atoms with Gasteiger partial charge in [0.1, 0.15) is 6.33 Å². The molecule has 0 radical (unpaired) electrons. The molecule has 0 saturated heterocycles. The second-order valence-corrected chi connectivity index (χ2v) is 11.4. The van der Waals surface area contributed by atoms with Crippen LogP contribution in [0.5, 0.6) is 0 Å². The van der Waals surface area contributed by atoms with E-state index in [-0.39, 0.29) is 30.5 Å². The van der Waals surface area contributed by atoms with Crippen LogP contribution in [0.4, 0.5) is 0 Å². The number of carbonyl (C=O) groups excluding carboxylic acids is 1. The number of carbonyl (C=O) groups is 1. The topological polar surface area (TPSA) is 123 Å². The Morgan fingerprint density at radius 2 is 1.88 bits per heavy atom. The summed E-state index contributed by atoms with van der Waals surface area (Å²) in [5.41, 5.74) is 7.71. The molecule has 1 saturated carbocycles. The first-order valence-corrected chi connectivity index (χ1v) is 14.6. The lowest BCUT2D eigenvalue weighted by Crippen LogP contribution is -2.41. The van der Waals surface area contributed by atoms with Gasteiger partial charge in [0.2, 0.25) is 11.7 Å². The smallest absolute Gasteiger partial charge is 0.259 e. The van der Waals surface area contributed by atoms with Gasteiger partial charge in [-0.2, -0.15) is 15.2 Å². The Labute approximate surface area is 244 Å². The number of fused-ring (bicyclic) bond motifs is 1. The normalized spacial score (nSPS) is 20.6. The molecule has 1 aliphatic heterocycles. The predicted molar refractivity (Wildman–Crippen MR) is 160 cm³/mol. The first-order valence-electron chi connectivity index (χ1n) is 14.6. The Morgan fingerprint density at radius 3 is 2.57 bits per heavy atom. The fourth-order valence-corrected chi connectivity index (χ4v) is 6.42. The average Bonchev–Trinajstić information content (AvgIpc) is 3.66. The number of aromatic nitrogens is 4. The number of rotatable bonds is 9. The maximum absolute atomic E-state index is 14.4. The number of aryl methyl sites for hydroxylation is 1. The molecule has 0 atom stereocenters. The van der Waals surface area contributed by atoms with Gasteiger partial charge in [0.05, 0.1) is 30.0 Å². The van der Waals surface area contributed by atoms with E-state index in [1.54, 1.807) is 11.7 Å². The van der Waals surface area contributed by atoms with Crippen molar-refractivity contribution >= 4 is 17.4 Å². The number of hydrogen-bond donors (Lipinski definition) is 2. The van der Waals surface area contributed by atoms with Crippen molar-refractivity contribution in [1.29, 1.82) is 0 Å². The van der Waals surface area contributed by atoms with Crippen molar-refractivity contribution in [1.82, 2.24) is 24.6 Å². The van der Waals surface area contributed by atoms with Crippen molar-refractivity contribution in [2.24, 2.45) is 5.10 Å². The number of amides is 1. The molecule has 2 aromatic heterocycles. The molecule has 2 N–H and O–H groups in total. The highest BCUT2D eigenvalue weighted by atomic mass is 16.5. The summed E-state index contributed by atoms with van der Waals surface area (Å²) in [7, 11) is 1.60. The zero-order valence-electron chi connectivity index (χ0n) is 24.0. The van der Waals surface area contributed by atoms with E-state index in [2.05, 4.69) is 39.7 Å². The maximum atomic E-state index is 14.4. The lowest BCUT2D eigenvalue weighted by molar-refractivity contribution is -0.119. The largest absolute Gasteiger partial charge is 0.387 e. The Balaban J connectivity index is 1.43. The molecule has 1 amide bonds. The van der Waals surface area contributed by atoms with E-state index >= 15 is 0 Å². The van der Waals surface area contributed by atoms with Crippen LogP contribution in [0, 0.1) is 0 Å². The first kappa shape index (κ1) is 28.0. The number of ether oxygens (including phenoxy) is 1.